The zero-order chi connectivity index (χ0) is 13.2. The maximum Gasteiger partial charge on any atom is 0.231 e. The van der Waals surface area contributed by atoms with Crippen LogP contribution >= 0.6 is 0 Å². The van der Waals surface area contributed by atoms with E-state index < -0.39 is 0 Å². The quantitative estimate of drug-likeness (QED) is 0.921. The normalized spacial score (nSPS) is 12.7. The minimum atomic E-state index is -0.250. The van der Waals surface area contributed by atoms with Crippen LogP contribution < -0.4 is 15.2 Å². The first kappa shape index (κ1) is 12.0. The molecule has 0 aromatic heterocycles. The summed E-state index contributed by atoms with van der Waals surface area (Å²) in [5.41, 5.74) is 7.89. The van der Waals surface area contributed by atoms with Crippen molar-refractivity contribution in [3.8, 4) is 22.6 Å². The molecule has 1 aliphatic heterocycles. The first-order valence-corrected chi connectivity index (χ1v) is 6.16. The molecule has 0 spiro atoms. The zero-order valence-electron chi connectivity index (χ0n) is 10.4. The third-order valence-electron chi connectivity index (χ3n) is 3.15. The predicted molar refractivity (Wildman–Crippen MR) is 70.7 cm³/mol. The van der Waals surface area contributed by atoms with Crippen LogP contribution in [-0.2, 0) is 6.42 Å². The van der Waals surface area contributed by atoms with Crippen molar-refractivity contribution < 1.29 is 13.9 Å². The molecule has 0 atom stereocenters. The van der Waals surface area contributed by atoms with E-state index in [4.69, 9.17) is 15.2 Å². The van der Waals surface area contributed by atoms with Gasteiger partial charge in [-0.25, -0.2) is 4.39 Å². The van der Waals surface area contributed by atoms with Crippen LogP contribution in [0.15, 0.2) is 36.4 Å². The van der Waals surface area contributed by atoms with Gasteiger partial charge in [-0.3, -0.25) is 0 Å². The Hall–Kier alpha value is -2.07. The Balaban J connectivity index is 2.03. The monoisotopic (exact) mass is 259 g/mol. The Kier molecular flexibility index (Phi) is 3.09. The fourth-order valence-corrected chi connectivity index (χ4v) is 2.18. The first-order chi connectivity index (χ1) is 9.28. The second-order valence-electron chi connectivity index (χ2n) is 4.42. The molecular weight excluding hydrogens is 245 g/mol. The maximum atomic E-state index is 13.9. The van der Waals surface area contributed by atoms with Gasteiger partial charge >= 0.3 is 0 Å². The van der Waals surface area contributed by atoms with Crippen LogP contribution in [-0.4, -0.2) is 13.3 Å². The molecule has 0 unspecified atom stereocenters. The van der Waals surface area contributed by atoms with Gasteiger partial charge in [0.05, 0.1) is 0 Å². The number of benzene rings is 2. The number of nitrogens with two attached hydrogens (primary N) is 1. The van der Waals surface area contributed by atoms with Crippen molar-refractivity contribution in [2.24, 2.45) is 5.73 Å². The van der Waals surface area contributed by atoms with Crippen LogP contribution in [0.3, 0.4) is 0 Å². The van der Waals surface area contributed by atoms with Crippen LogP contribution in [0.5, 0.6) is 11.5 Å². The SMILES string of the molecule is NCCc1ccc(F)c(-c2ccc3c(c2)OCO3)c1. The third-order valence-corrected chi connectivity index (χ3v) is 3.15. The molecule has 0 bridgehead atoms. The van der Waals surface area contributed by atoms with Crippen molar-refractivity contribution in [3.05, 3.63) is 47.8 Å². The minimum absolute atomic E-state index is 0.217. The Morgan fingerprint density at radius 2 is 1.89 bits per heavy atom. The van der Waals surface area contributed by atoms with Crippen molar-refractivity contribution in [1.82, 2.24) is 0 Å². The van der Waals surface area contributed by atoms with Crippen molar-refractivity contribution in [1.29, 1.82) is 0 Å². The lowest BCUT2D eigenvalue weighted by molar-refractivity contribution is 0.174. The summed E-state index contributed by atoms with van der Waals surface area (Å²) in [5.74, 6) is 1.10. The van der Waals surface area contributed by atoms with Gasteiger partial charge < -0.3 is 15.2 Å². The van der Waals surface area contributed by atoms with E-state index in [1.54, 1.807) is 18.2 Å². The summed E-state index contributed by atoms with van der Waals surface area (Å²) in [5, 5.41) is 0. The van der Waals surface area contributed by atoms with Gasteiger partial charge in [0.15, 0.2) is 11.5 Å². The van der Waals surface area contributed by atoms with E-state index >= 15 is 0 Å². The van der Waals surface area contributed by atoms with Crippen LogP contribution in [0, 0.1) is 5.82 Å². The van der Waals surface area contributed by atoms with Crippen molar-refractivity contribution in [2.75, 3.05) is 13.3 Å². The predicted octanol–water partition coefficient (Wildman–Crippen LogP) is 2.72. The molecule has 2 N–H and O–H groups in total. The van der Waals surface area contributed by atoms with Crippen LogP contribution in [0.2, 0.25) is 0 Å². The molecule has 1 aliphatic rings. The van der Waals surface area contributed by atoms with Gasteiger partial charge in [-0.2, -0.15) is 0 Å². The summed E-state index contributed by atoms with van der Waals surface area (Å²) >= 11 is 0. The van der Waals surface area contributed by atoms with Gasteiger partial charge in [-0.15, -0.1) is 0 Å². The van der Waals surface area contributed by atoms with Gasteiger partial charge in [-0.05, 0) is 48.4 Å². The average molecular weight is 259 g/mol. The molecule has 2 aromatic carbocycles. The van der Waals surface area contributed by atoms with Crippen molar-refractivity contribution in [2.45, 2.75) is 6.42 Å². The third kappa shape index (κ3) is 2.27. The lowest BCUT2D eigenvalue weighted by Crippen LogP contribution is -2.03. The number of halogens is 1. The number of rotatable bonds is 3. The number of fused-ring (bicyclic) bond motifs is 1. The minimum Gasteiger partial charge on any atom is -0.454 e. The first-order valence-electron chi connectivity index (χ1n) is 6.16. The summed E-state index contributed by atoms with van der Waals surface area (Å²) in [7, 11) is 0. The largest absolute Gasteiger partial charge is 0.454 e. The summed E-state index contributed by atoms with van der Waals surface area (Å²) < 4.78 is 24.5. The van der Waals surface area contributed by atoms with E-state index in [0.717, 1.165) is 17.5 Å². The lowest BCUT2D eigenvalue weighted by atomic mass is 10.0. The van der Waals surface area contributed by atoms with E-state index in [1.165, 1.54) is 6.07 Å². The van der Waals surface area contributed by atoms with E-state index in [0.29, 0.717) is 23.6 Å². The van der Waals surface area contributed by atoms with Crippen LogP contribution in [0.4, 0.5) is 4.39 Å². The molecule has 98 valence electrons. The molecular formula is C15H14FNO2. The molecule has 0 saturated heterocycles. The molecule has 3 rings (SSSR count). The highest BCUT2D eigenvalue weighted by molar-refractivity contribution is 5.68. The second kappa shape index (κ2) is 4.90. The number of ether oxygens (including phenoxy) is 2. The highest BCUT2D eigenvalue weighted by atomic mass is 19.1. The second-order valence-corrected chi connectivity index (χ2v) is 4.42. The fraction of sp³-hybridized carbons (Fsp3) is 0.200. The molecule has 0 saturated carbocycles. The summed E-state index contributed by atoms with van der Waals surface area (Å²) in [6, 6.07) is 10.5. The highest BCUT2D eigenvalue weighted by Crippen LogP contribution is 2.36. The fourth-order valence-electron chi connectivity index (χ4n) is 2.18. The Labute approximate surface area is 110 Å². The molecule has 0 fully saturated rings. The van der Waals surface area contributed by atoms with E-state index in [2.05, 4.69) is 0 Å². The molecule has 0 radical (unpaired) electrons. The molecule has 1 heterocycles. The molecule has 0 aliphatic carbocycles. The summed E-state index contributed by atoms with van der Waals surface area (Å²) in [6.07, 6.45) is 0.734. The lowest BCUT2D eigenvalue weighted by Gasteiger charge is -2.07. The van der Waals surface area contributed by atoms with Gasteiger partial charge in [0.25, 0.3) is 0 Å². The van der Waals surface area contributed by atoms with Gasteiger partial charge in [-0.1, -0.05) is 12.1 Å². The molecule has 3 nitrogen and oxygen atoms in total. The summed E-state index contributed by atoms with van der Waals surface area (Å²) in [6.45, 7) is 0.765. The van der Waals surface area contributed by atoms with Gasteiger partial charge in [0, 0.05) is 5.56 Å². The topological polar surface area (TPSA) is 44.5 Å². The van der Waals surface area contributed by atoms with E-state index in [9.17, 15) is 4.39 Å². The highest BCUT2D eigenvalue weighted by Gasteiger charge is 2.15. The molecule has 4 heteroatoms. The Morgan fingerprint density at radius 3 is 2.74 bits per heavy atom. The average Bonchev–Trinajstić information content (AvgIpc) is 2.88. The standard InChI is InChI=1S/C15H14FNO2/c16-13-3-1-10(5-6-17)7-12(13)11-2-4-14-15(8-11)19-9-18-14/h1-4,7-8H,5-6,9,17H2. The van der Waals surface area contributed by atoms with Gasteiger partial charge in [0.1, 0.15) is 5.82 Å². The maximum absolute atomic E-state index is 13.9. The van der Waals surface area contributed by atoms with Crippen LogP contribution in [0.25, 0.3) is 11.1 Å². The smallest absolute Gasteiger partial charge is 0.231 e. The number of hydrogen-bond donors (Lipinski definition) is 1. The van der Waals surface area contributed by atoms with Crippen LogP contribution in [0.1, 0.15) is 5.56 Å². The van der Waals surface area contributed by atoms with Crippen molar-refractivity contribution >= 4 is 0 Å². The number of hydrogen-bond acceptors (Lipinski definition) is 3. The molecule has 19 heavy (non-hydrogen) atoms. The zero-order valence-corrected chi connectivity index (χ0v) is 10.4. The van der Waals surface area contributed by atoms with Crippen molar-refractivity contribution in [3.63, 3.8) is 0 Å². The molecule has 0 amide bonds. The molecule has 2 aromatic rings. The Bertz CT molecular complexity index is 613. The van der Waals surface area contributed by atoms with E-state index in [1.807, 2.05) is 12.1 Å². The van der Waals surface area contributed by atoms with Gasteiger partial charge in [0.2, 0.25) is 6.79 Å². The van der Waals surface area contributed by atoms with E-state index in [-0.39, 0.29) is 12.6 Å². The Morgan fingerprint density at radius 1 is 1.05 bits per heavy atom. The summed E-state index contributed by atoms with van der Waals surface area (Å²) in [4.78, 5) is 0.